The fourth-order valence-corrected chi connectivity index (χ4v) is 2.83. The van der Waals surface area contributed by atoms with Crippen molar-refractivity contribution >= 4 is 17.7 Å². The van der Waals surface area contributed by atoms with Crippen molar-refractivity contribution in [2.45, 2.75) is 31.7 Å². The lowest BCUT2D eigenvalue weighted by Gasteiger charge is -2.09. The Bertz CT molecular complexity index is 421. The zero-order chi connectivity index (χ0) is 13.5. The van der Waals surface area contributed by atoms with Crippen LogP contribution in [0.1, 0.15) is 34.5 Å². The molecule has 0 aliphatic carbocycles. The number of pyridine rings is 1. The van der Waals surface area contributed by atoms with E-state index in [0.29, 0.717) is 10.6 Å². The first kappa shape index (κ1) is 15.0. The highest BCUT2D eigenvalue weighted by molar-refractivity contribution is 7.99. The van der Waals surface area contributed by atoms with Crippen LogP contribution < -0.4 is 0 Å². The van der Waals surface area contributed by atoms with E-state index in [1.165, 1.54) is 11.8 Å². The van der Waals surface area contributed by atoms with E-state index in [9.17, 15) is 9.90 Å². The average molecular weight is 269 g/mol. The van der Waals surface area contributed by atoms with Crippen LogP contribution in [0, 0.1) is 13.8 Å². The summed E-state index contributed by atoms with van der Waals surface area (Å²) < 4.78 is 4.98. The monoisotopic (exact) mass is 269 g/mol. The number of carboxylic acid groups (broad SMARTS) is 1. The van der Waals surface area contributed by atoms with Crippen molar-refractivity contribution in [3.63, 3.8) is 0 Å². The summed E-state index contributed by atoms with van der Waals surface area (Å²) in [6.07, 6.45) is 1.98. The Labute approximate surface area is 112 Å². The van der Waals surface area contributed by atoms with E-state index < -0.39 is 5.97 Å². The van der Waals surface area contributed by atoms with Crippen LogP contribution in [0.3, 0.4) is 0 Å². The lowest BCUT2D eigenvalue weighted by molar-refractivity contribution is 0.0691. The lowest BCUT2D eigenvalue weighted by atomic mass is 10.1. The Balaban J connectivity index is 2.71. The van der Waals surface area contributed by atoms with Gasteiger partial charge in [0, 0.05) is 19.4 Å². The third-order valence-corrected chi connectivity index (χ3v) is 3.57. The first-order valence-corrected chi connectivity index (χ1v) is 6.88. The summed E-state index contributed by atoms with van der Waals surface area (Å²) in [5.41, 5.74) is 1.96. The van der Waals surface area contributed by atoms with Crippen LogP contribution in [0.2, 0.25) is 0 Å². The number of carbonyl (C=O) groups is 1. The van der Waals surface area contributed by atoms with E-state index in [4.69, 9.17) is 4.74 Å². The van der Waals surface area contributed by atoms with E-state index in [2.05, 4.69) is 4.98 Å². The number of unbranched alkanes of at least 4 members (excludes halogenated alkanes) is 1. The van der Waals surface area contributed by atoms with Crippen LogP contribution in [-0.2, 0) is 4.74 Å². The maximum atomic E-state index is 11.2. The van der Waals surface area contributed by atoms with Gasteiger partial charge in [0.25, 0.3) is 0 Å². The largest absolute Gasteiger partial charge is 0.478 e. The number of carboxylic acids is 1. The van der Waals surface area contributed by atoms with Gasteiger partial charge in [-0.25, -0.2) is 9.78 Å². The highest BCUT2D eigenvalue weighted by Crippen LogP contribution is 2.25. The number of aromatic carboxylic acids is 1. The molecule has 0 radical (unpaired) electrons. The van der Waals surface area contributed by atoms with Crippen molar-refractivity contribution in [2.75, 3.05) is 19.5 Å². The predicted molar refractivity (Wildman–Crippen MR) is 72.5 cm³/mol. The third-order valence-electron chi connectivity index (χ3n) is 2.51. The third kappa shape index (κ3) is 4.31. The number of ether oxygens (including phenoxy) is 1. The molecule has 0 saturated carbocycles. The topological polar surface area (TPSA) is 59.4 Å². The predicted octanol–water partition coefficient (Wildman–Crippen LogP) is 2.92. The van der Waals surface area contributed by atoms with E-state index in [0.717, 1.165) is 36.5 Å². The van der Waals surface area contributed by atoms with E-state index >= 15 is 0 Å². The molecule has 0 unspecified atom stereocenters. The molecule has 0 spiro atoms. The molecule has 1 aromatic rings. The molecule has 0 saturated heterocycles. The molecule has 5 heteroatoms. The van der Waals surface area contributed by atoms with Gasteiger partial charge < -0.3 is 9.84 Å². The van der Waals surface area contributed by atoms with Crippen LogP contribution in [-0.4, -0.2) is 35.5 Å². The maximum Gasteiger partial charge on any atom is 0.338 e. The number of aromatic nitrogens is 1. The van der Waals surface area contributed by atoms with Crippen molar-refractivity contribution in [1.29, 1.82) is 0 Å². The summed E-state index contributed by atoms with van der Waals surface area (Å²) in [6.45, 7) is 4.44. The average Bonchev–Trinajstić information content (AvgIpc) is 2.27. The number of aryl methyl sites for hydroxylation is 2. The van der Waals surface area contributed by atoms with Gasteiger partial charge >= 0.3 is 5.97 Å². The Kier molecular flexibility index (Phi) is 6.15. The van der Waals surface area contributed by atoms with Crippen LogP contribution in [0.5, 0.6) is 0 Å². The van der Waals surface area contributed by atoms with Crippen LogP contribution in [0.15, 0.2) is 11.1 Å². The summed E-state index contributed by atoms with van der Waals surface area (Å²) in [6, 6.07) is 1.80. The van der Waals surface area contributed by atoms with Crippen molar-refractivity contribution in [1.82, 2.24) is 4.98 Å². The van der Waals surface area contributed by atoms with Gasteiger partial charge in [-0.1, -0.05) is 0 Å². The molecule has 0 amide bonds. The highest BCUT2D eigenvalue weighted by Gasteiger charge is 2.15. The summed E-state index contributed by atoms with van der Waals surface area (Å²) in [5, 5.41) is 9.83. The van der Waals surface area contributed by atoms with Crippen molar-refractivity contribution in [2.24, 2.45) is 0 Å². The number of methoxy groups -OCH3 is 1. The SMILES string of the molecule is COCCCCSc1nc(C)cc(C)c1C(=O)O. The highest BCUT2D eigenvalue weighted by atomic mass is 32.2. The number of hydrogen-bond acceptors (Lipinski definition) is 4. The zero-order valence-electron chi connectivity index (χ0n) is 11.0. The van der Waals surface area contributed by atoms with Gasteiger partial charge in [0.05, 0.1) is 5.56 Å². The molecule has 4 nitrogen and oxygen atoms in total. The molecule has 0 atom stereocenters. The molecule has 0 aliphatic rings. The Hall–Kier alpha value is -1.07. The minimum absolute atomic E-state index is 0.331. The standard InChI is InChI=1S/C13H19NO3S/c1-9-8-10(2)14-12(11(9)13(15)16)18-7-5-4-6-17-3/h8H,4-7H2,1-3H3,(H,15,16). The Morgan fingerprint density at radius 3 is 2.78 bits per heavy atom. The van der Waals surface area contributed by atoms with Gasteiger partial charge in [0.2, 0.25) is 0 Å². The molecule has 1 aromatic heterocycles. The molecule has 1 rings (SSSR count). The van der Waals surface area contributed by atoms with Crippen molar-refractivity contribution < 1.29 is 14.6 Å². The number of thioether (sulfide) groups is 1. The second-order valence-electron chi connectivity index (χ2n) is 4.11. The number of rotatable bonds is 7. The lowest BCUT2D eigenvalue weighted by Crippen LogP contribution is -2.05. The van der Waals surface area contributed by atoms with E-state index in [1.54, 1.807) is 13.2 Å². The molecule has 0 fully saturated rings. The quantitative estimate of drug-likeness (QED) is 0.609. The van der Waals surface area contributed by atoms with Crippen LogP contribution in [0.4, 0.5) is 0 Å². The summed E-state index contributed by atoms with van der Waals surface area (Å²) >= 11 is 1.51. The number of hydrogen-bond donors (Lipinski definition) is 1. The van der Waals surface area contributed by atoms with Gasteiger partial charge in [-0.3, -0.25) is 0 Å². The molecule has 1 heterocycles. The molecule has 1 N–H and O–H groups in total. The van der Waals surface area contributed by atoms with Gasteiger partial charge in [-0.2, -0.15) is 0 Å². The minimum Gasteiger partial charge on any atom is -0.478 e. The fourth-order valence-electron chi connectivity index (χ4n) is 1.68. The van der Waals surface area contributed by atoms with E-state index in [-0.39, 0.29) is 0 Å². The normalized spacial score (nSPS) is 10.6. The van der Waals surface area contributed by atoms with Crippen molar-refractivity contribution in [3.8, 4) is 0 Å². The first-order chi connectivity index (χ1) is 8.56. The van der Waals surface area contributed by atoms with Gasteiger partial charge in [0.1, 0.15) is 5.03 Å². The maximum absolute atomic E-state index is 11.2. The van der Waals surface area contributed by atoms with Crippen LogP contribution >= 0.6 is 11.8 Å². The summed E-state index contributed by atoms with van der Waals surface area (Å²) in [5.74, 6) is -0.0427. The van der Waals surface area contributed by atoms with Gasteiger partial charge in [0.15, 0.2) is 0 Å². The van der Waals surface area contributed by atoms with Crippen molar-refractivity contribution in [3.05, 3.63) is 22.9 Å². The molecule has 0 bridgehead atoms. The van der Waals surface area contributed by atoms with Crippen LogP contribution in [0.25, 0.3) is 0 Å². The fraction of sp³-hybridized carbons (Fsp3) is 0.538. The molecule has 0 aromatic carbocycles. The summed E-state index contributed by atoms with van der Waals surface area (Å²) in [4.78, 5) is 15.5. The molecular formula is C13H19NO3S. The molecule has 100 valence electrons. The van der Waals surface area contributed by atoms with E-state index in [1.807, 2.05) is 13.8 Å². The first-order valence-electron chi connectivity index (χ1n) is 5.89. The second-order valence-corrected chi connectivity index (χ2v) is 5.20. The van der Waals surface area contributed by atoms with Gasteiger partial charge in [-0.15, -0.1) is 11.8 Å². The molecular weight excluding hydrogens is 250 g/mol. The second kappa shape index (κ2) is 7.38. The Morgan fingerprint density at radius 2 is 2.17 bits per heavy atom. The molecule has 18 heavy (non-hydrogen) atoms. The molecule has 0 aliphatic heterocycles. The number of nitrogens with zero attached hydrogens (tertiary/aromatic N) is 1. The minimum atomic E-state index is -0.903. The smallest absolute Gasteiger partial charge is 0.338 e. The van der Waals surface area contributed by atoms with Gasteiger partial charge in [-0.05, 0) is 44.1 Å². The summed E-state index contributed by atoms with van der Waals surface area (Å²) in [7, 11) is 1.68. The Morgan fingerprint density at radius 1 is 1.44 bits per heavy atom. The zero-order valence-corrected chi connectivity index (χ0v) is 11.8.